The van der Waals surface area contributed by atoms with E-state index >= 15 is 0 Å². The fourth-order valence-electron chi connectivity index (χ4n) is 1.33. The van der Waals surface area contributed by atoms with Crippen molar-refractivity contribution in [2.75, 3.05) is 7.11 Å². The first-order valence-electron chi connectivity index (χ1n) is 4.52. The number of halogens is 1. The monoisotopic (exact) mass is 224 g/mol. The molecule has 0 saturated heterocycles. The summed E-state index contributed by atoms with van der Waals surface area (Å²) in [5.74, 6) is -0.333. The van der Waals surface area contributed by atoms with Gasteiger partial charge in [0.25, 0.3) is 0 Å². The molecule has 3 heteroatoms. The minimum absolute atomic E-state index is 0.333. The number of rotatable bonds is 3. The molecular weight excluding hydrogens is 212 g/mol. The largest absolute Gasteiger partial charge is 0.468 e. The highest BCUT2D eigenvalue weighted by Gasteiger charge is 2.32. The van der Waals surface area contributed by atoms with Gasteiger partial charge in [0.1, 0.15) is 5.41 Å². The van der Waals surface area contributed by atoms with Crippen LogP contribution in [0.5, 0.6) is 0 Å². The summed E-state index contributed by atoms with van der Waals surface area (Å²) in [5.41, 5.74) is -0.00644. The number of hydrogen-bond acceptors (Lipinski definition) is 2. The summed E-state index contributed by atoms with van der Waals surface area (Å²) in [5, 5.41) is 0.634. The number of hydrogen-bond donors (Lipinski definition) is 0. The first-order chi connectivity index (χ1) is 7.04. The summed E-state index contributed by atoms with van der Waals surface area (Å²) >= 11 is 5.78. The normalized spacial score (nSPS) is 14.1. The molecule has 0 bridgehead atoms. The van der Waals surface area contributed by atoms with Crippen LogP contribution in [0.25, 0.3) is 0 Å². The molecule has 1 atom stereocenters. The summed E-state index contributed by atoms with van der Waals surface area (Å²) in [6, 6.07) is 7.06. The van der Waals surface area contributed by atoms with Crippen molar-refractivity contribution >= 4 is 17.6 Å². The smallest absolute Gasteiger partial charge is 0.319 e. The number of methoxy groups -OCH3 is 1. The quantitative estimate of drug-likeness (QED) is 0.583. The van der Waals surface area contributed by atoms with Crippen molar-refractivity contribution in [1.82, 2.24) is 0 Å². The molecule has 0 N–H and O–H groups in total. The van der Waals surface area contributed by atoms with Crippen molar-refractivity contribution in [1.29, 1.82) is 0 Å². The van der Waals surface area contributed by atoms with Crippen molar-refractivity contribution in [2.24, 2.45) is 0 Å². The second-order valence-electron chi connectivity index (χ2n) is 3.40. The van der Waals surface area contributed by atoms with Gasteiger partial charge in [-0.3, -0.25) is 4.79 Å². The van der Waals surface area contributed by atoms with E-state index in [1.165, 1.54) is 7.11 Å². The predicted molar refractivity (Wildman–Crippen MR) is 61.0 cm³/mol. The van der Waals surface area contributed by atoms with Crippen LogP contribution in [-0.2, 0) is 14.9 Å². The molecule has 0 aliphatic rings. The predicted octanol–water partition coefficient (Wildman–Crippen LogP) is 2.96. The molecule has 15 heavy (non-hydrogen) atoms. The van der Waals surface area contributed by atoms with Crippen molar-refractivity contribution < 1.29 is 9.53 Å². The van der Waals surface area contributed by atoms with E-state index < -0.39 is 5.41 Å². The lowest BCUT2D eigenvalue weighted by atomic mass is 9.83. The highest BCUT2D eigenvalue weighted by Crippen LogP contribution is 2.27. The summed E-state index contributed by atoms with van der Waals surface area (Å²) < 4.78 is 4.75. The van der Waals surface area contributed by atoms with Crippen molar-refractivity contribution in [3.05, 3.63) is 47.5 Å². The van der Waals surface area contributed by atoms with Crippen LogP contribution in [0.15, 0.2) is 36.9 Å². The molecule has 1 aromatic carbocycles. The molecule has 0 saturated carbocycles. The Labute approximate surface area is 94.5 Å². The first kappa shape index (κ1) is 11.8. The molecule has 2 nitrogen and oxygen atoms in total. The van der Waals surface area contributed by atoms with Gasteiger partial charge in [-0.2, -0.15) is 0 Å². The molecule has 0 heterocycles. The molecule has 1 rings (SSSR count). The SMILES string of the molecule is C=CC(C)(C(=O)OC)c1ccc(Cl)cc1. The van der Waals surface area contributed by atoms with Gasteiger partial charge >= 0.3 is 5.97 Å². The zero-order chi connectivity index (χ0) is 11.5. The van der Waals surface area contributed by atoms with Gasteiger partial charge in [-0.25, -0.2) is 0 Å². The van der Waals surface area contributed by atoms with Crippen LogP contribution in [0.1, 0.15) is 12.5 Å². The van der Waals surface area contributed by atoms with Gasteiger partial charge in [-0.15, -0.1) is 6.58 Å². The molecule has 0 aliphatic carbocycles. The van der Waals surface area contributed by atoms with Gasteiger partial charge < -0.3 is 4.74 Å². The van der Waals surface area contributed by atoms with E-state index in [0.29, 0.717) is 5.02 Å². The number of esters is 1. The van der Waals surface area contributed by atoms with Crippen LogP contribution >= 0.6 is 11.6 Å². The summed E-state index contributed by atoms with van der Waals surface area (Å²) in [4.78, 5) is 11.6. The van der Waals surface area contributed by atoms with E-state index in [0.717, 1.165) is 5.56 Å². The maximum Gasteiger partial charge on any atom is 0.319 e. The molecule has 0 amide bonds. The van der Waals surface area contributed by atoms with Gasteiger partial charge in [0.15, 0.2) is 0 Å². The Bertz CT molecular complexity index is 370. The Morgan fingerprint density at radius 3 is 2.40 bits per heavy atom. The Morgan fingerprint density at radius 2 is 2.00 bits per heavy atom. The van der Waals surface area contributed by atoms with Crippen molar-refractivity contribution in [2.45, 2.75) is 12.3 Å². The van der Waals surface area contributed by atoms with E-state index in [9.17, 15) is 4.79 Å². The molecule has 0 aliphatic heterocycles. The third kappa shape index (κ3) is 2.21. The fourth-order valence-corrected chi connectivity index (χ4v) is 1.45. The molecule has 0 aromatic heterocycles. The molecule has 0 spiro atoms. The van der Waals surface area contributed by atoms with Crippen LogP contribution in [0, 0.1) is 0 Å². The first-order valence-corrected chi connectivity index (χ1v) is 4.90. The maximum atomic E-state index is 11.6. The third-order valence-electron chi connectivity index (χ3n) is 2.46. The third-order valence-corrected chi connectivity index (χ3v) is 2.71. The van der Waals surface area contributed by atoms with Gasteiger partial charge in [-0.1, -0.05) is 29.8 Å². The van der Waals surface area contributed by atoms with Gasteiger partial charge in [-0.05, 0) is 24.6 Å². The summed E-state index contributed by atoms with van der Waals surface area (Å²) in [6.45, 7) is 5.43. The topological polar surface area (TPSA) is 26.3 Å². The van der Waals surface area contributed by atoms with Gasteiger partial charge in [0.2, 0.25) is 0 Å². The average molecular weight is 225 g/mol. The van der Waals surface area contributed by atoms with E-state index in [4.69, 9.17) is 16.3 Å². The number of ether oxygens (including phenoxy) is 1. The zero-order valence-corrected chi connectivity index (χ0v) is 9.54. The Hall–Kier alpha value is -1.28. The van der Waals surface area contributed by atoms with E-state index in [2.05, 4.69) is 6.58 Å². The highest BCUT2D eigenvalue weighted by molar-refractivity contribution is 6.30. The van der Waals surface area contributed by atoms with E-state index in [1.807, 2.05) is 0 Å². The molecule has 1 unspecified atom stereocenters. The van der Waals surface area contributed by atoms with Crippen molar-refractivity contribution in [3.8, 4) is 0 Å². The minimum atomic E-state index is -0.820. The van der Waals surface area contributed by atoms with Crippen LogP contribution in [0.3, 0.4) is 0 Å². The number of carbonyl (C=O) groups excluding carboxylic acids is 1. The van der Waals surface area contributed by atoms with E-state index in [1.54, 1.807) is 37.3 Å². The molecule has 0 radical (unpaired) electrons. The molecule has 0 fully saturated rings. The average Bonchev–Trinajstić information content (AvgIpc) is 2.27. The Kier molecular flexibility index (Phi) is 3.53. The molecule has 80 valence electrons. The second kappa shape index (κ2) is 4.49. The number of carbonyl (C=O) groups is 1. The minimum Gasteiger partial charge on any atom is -0.468 e. The lowest BCUT2D eigenvalue weighted by molar-refractivity contribution is -0.145. The van der Waals surface area contributed by atoms with Crippen LogP contribution in [-0.4, -0.2) is 13.1 Å². The Morgan fingerprint density at radius 1 is 1.47 bits per heavy atom. The lowest BCUT2D eigenvalue weighted by Gasteiger charge is -2.22. The molecular formula is C12H13ClO2. The van der Waals surface area contributed by atoms with Gasteiger partial charge in [0.05, 0.1) is 7.11 Å². The Balaban J connectivity index is 3.17. The molecule has 1 aromatic rings. The standard InChI is InChI=1S/C12H13ClO2/c1-4-12(2,11(14)15-3)9-5-7-10(13)8-6-9/h4-8H,1H2,2-3H3. The fraction of sp³-hybridized carbons (Fsp3) is 0.250. The summed E-state index contributed by atoms with van der Waals surface area (Å²) in [7, 11) is 1.36. The highest BCUT2D eigenvalue weighted by atomic mass is 35.5. The lowest BCUT2D eigenvalue weighted by Crippen LogP contribution is -2.31. The van der Waals surface area contributed by atoms with Crippen LogP contribution in [0.4, 0.5) is 0 Å². The van der Waals surface area contributed by atoms with Gasteiger partial charge in [0, 0.05) is 5.02 Å². The van der Waals surface area contributed by atoms with E-state index in [-0.39, 0.29) is 5.97 Å². The zero-order valence-electron chi connectivity index (χ0n) is 8.79. The van der Waals surface area contributed by atoms with Crippen LogP contribution < -0.4 is 0 Å². The summed E-state index contributed by atoms with van der Waals surface area (Å²) in [6.07, 6.45) is 1.57. The maximum absolute atomic E-state index is 11.6. The van der Waals surface area contributed by atoms with Crippen molar-refractivity contribution in [3.63, 3.8) is 0 Å². The van der Waals surface area contributed by atoms with Crippen LogP contribution in [0.2, 0.25) is 5.02 Å². The second-order valence-corrected chi connectivity index (χ2v) is 3.84. The number of benzene rings is 1.